The molecule has 104 valence electrons. The zero-order valence-electron chi connectivity index (χ0n) is 10.7. The van der Waals surface area contributed by atoms with E-state index in [9.17, 15) is 18.3 Å². The average molecular weight is 283 g/mol. The predicted octanol–water partition coefficient (Wildman–Crippen LogP) is 1.08. The van der Waals surface area contributed by atoms with Gasteiger partial charge in [-0.25, -0.2) is 13.1 Å². The van der Waals surface area contributed by atoms with Crippen molar-refractivity contribution in [3.8, 4) is 0 Å². The Kier molecular flexibility index (Phi) is 4.03. The van der Waals surface area contributed by atoms with Crippen LogP contribution < -0.4 is 4.72 Å². The highest BCUT2D eigenvalue weighted by atomic mass is 32.2. The van der Waals surface area contributed by atoms with Gasteiger partial charge in [-0.05, 0) is 38.3 Å². The number of aliphatic hydroxyl groups excluding tert-OH is 1. The second kappa shape index (κ2) is 5.40. The van der Waals surface area contributed by atoms with Crippen molar-refractivity contribution in [1.29, 1.82) is 0 Å². The number of ketones is 1. The van der Waals surface area contributed by atoms with Gasteiger partial charge in [-0.3, -0.25) is 4.79 Å². The van der Waals surface area contributed by atoms with Crippen molar-refractivity contribution in [2.75, 3.05) is 0 Å². The molecule has 1 aliphatic carbocycles. The standard InChI is InChI=1S/C13H17NO4S/c1-9(15)10-5-7-11(8-6-10)19(17,18)14-12-3-2-4-13(12)16/h5-8,12-14,16H,2-4H2,1H3. The molecule has 1 aromatic rings. The maximum atomic E-state index is 12.1. The van der Waals surface area contributed by atoms with Gasteiger partial charge < -0.3 is 5.11 Å². The number of carbonyl (C=O) groups excluding carboxylic acids is 1. The largest absolute Gasteiger partial charge is 0.391 e. The minimum Gasteiger partial charge on any atom is -0.391 e. The highest BCUT2D eigenvalue weighted by molar-refractivity contribution is 7.89. The number of rotatable bonds is 4. The second-order valence-corrected chi connectivity index (χ2v) is 6.52. The fraction of sp³-hybridized carbons (Fsp3) is 0.462. The van der Waals surface area contributed by atoms with Crippen molar-refractivity contribution in [2.45, 2.75) is 43.2 Å². The molecule has 1 saturated carbocycles. The molecule has 6 heteroatoms. The van der Waals surface area contributed by atoms with Crippen molar-refractivity contribution in [1.82, 2.24) is 4.72 Å². The fourth-order valence-corrected chi connectivity index (χ4v) is 3.52. The van der Waals surface area contributed by atoms with Crippen LogP contribution in [-0.4, -0.2) is 31.5 Å². The molecule has 1 aromatic carbocycles. The van der Waals surface area contributed by atoms with E-state index in [0.717, 1.165) is 6.42 Å². The third-order valence-corrected chi connectivity index (χ3v) is 4.86. The second-order valence-electron chi connectivity index (χ2n) is 4.81. The van der Waals surface area contributed by atoms with Crippen LogP contribution >= 0.6 is 0 Å². The van der Waals surface area contributed by atoms with E-state index in [1.807, 2.05) is 0 Å². The summed E-state index contributed by atoms with van der Waals surface area (Å²) in [4.78, 5) is 11.2. The first-order valence-corrected chi connectivity index (χ1v) is 7.70. The zero-order valence-corrected chi connectivity index (χ0v) is 11.5. The number of carbonyl (C=O) groups is 1. The smallest absolute Gasteiger partial charge is 0.240 e. The van der Waals surface area contributed by atoms with Crippen LogP contribution in [0.2, 0.25) is 0 Å². The molecule has 0 spiro atoms. The van der Waals surface area contributed by atoms with Gasteiger partial charge in [0.25, 0.3) is 0 Å². The van der Waals surface area contributed by atoms with Gasteiger partial charge in [0, 0.05) is 11.6 Å². The van der Waals surface area contributed by atoms with E-state index in [1.165, 1.54) is 31.2 Å². The van der Waals surface area contributed by atoms with Gasteiger partial charge in [-0.2, -0.15) is 0 Å². The number of aliphatic hydroxyl groups is 1. The normalized spacial score (nSPS) is 23.5. The first kappa shape index (κ1) is 14.2. The van der Waals surface area contributed by atoms with E-state index in [-0.39, 0.29) is 10.7 Å². The average Bonchev–Trinajstić information content (AvgIpc) is 2.74. The lowest BCUT2D eigenvalue weighted by Crippen LogP contribution is -2.39. The molecule has 0 heterocycles. The number of sulfonamides is 1. The number of hydrogen-bond donors (Lipinski definition) is 2. The third-order valence-electron chi connectivity index (χ3n) is 3.36. The fourth-order valence-electron chi connectivity index (χ4n) is 2.21. The SMILES string of the molecule is CC(=O)c1ccc(S(=O)(=O)NC2CCCC2O)cc1. The summed E-state index contributed by atoms with van der Waals surface area (Å²) >= 11 is 0. The molecule has 0 bridgehead atoms. The summed E-state index contributed by atoms with van der Waals surface area (Å²) in [6, 6.07) is 5.36. The summed E-state index contributed by atoms with van der Waals surface area (Å²) in [5.74, 6) is -0.108. The molecule has 0 amide bonds. The molecule has 5 nitrogen and oxygen atoms in total. The van der Waals surface area contributed by atoms with Crippen LogP contribution in [0.1, 0.15) is 36.5 Å². The maximum Gasteiger partial charge on any atom is 0.240 e. The molecule has 2 N–H and O–H groups in total. The summed E-state index contributed by atoms with van der Waals surface area (Å²) in [6.45, 7) is 1.43. The van der Waals surface area contributed by atoms with E-state index in [4.69, 9.17) is 0 Å². The number of Topliss-reactive ketones (excluding diaryl/α,β-unsaturated/α-hetero) is 1. The Morgan fingerprint density at radius 1 is 1.26 bits per heavy atom. The topological polar surface area (TPSA) is 83.5 Å². The third kappa shape index (κ3) is 3.20. The molecule has 0 saturated heterocycles. The predicted molar refractivity (Wildman–Crippen MR) is 70.4 cm³/mol. The summed E-state index contributed by atoms with van der Waals surface area (Å²) in [5.41, 5.74) is 0.472. The van der Waals surface area contributed by atoms with E-state index in [2.05, 4.69) is 4.72 Å². The van der Waals surface area contributed by atoms with E-state index >= 15 is 0 Å². The van der Waals surface area contributed by atoms with Crippen LogP contribution in [0.5, 0.6) is 0 Å². The molecule has 1 aliphatic rings. The summed E-state index contributed by atoms with van der Waals surface area (Å²) in [5, 5.41) is 9.64. The van der Waals surface area contributed by atoms with Gasteiger partial charge in [0.05, 0.1) is 11.0 Å². The molecule has 0 aromatic heterocycles. The van der Waals surface area contributed by atoms with Crippen LogP contribution in [-0.2, 0) is 10.0 Å². The minimum absolute atomic E-state index is 0.108. The lowest BCUT2D eigenvalue weighted by molar-refractivity contribution is 0.101. The summed E-state index contributed by atoms with van der Waals surface area (Å²) in [7, 11) is -3.64. The molecule has 0 radical (unpaired) electrons. The molecular formula is C13H17NO4S. The van der Waals surface area contributed by atoms with Gasteiger partial charge in [-0.1, -0.05) is 12.1 Å². The molecule has 0 aliphatic heterocycles. The highest BCUT2D eigenvalue weighted by Crippen LogP contribution is 2.21. The number of nitrogens with one attached hydrogen (secondary N) is 1. The van der Waals surface area contributed by atoms with Gasteiger partial charge in [0.15, 0.2) is 5.78 Å². The van der Waals surface area contributed by atoms with Gasteiger partial charge >= 0.3 is 0 Å². The number of benzene rings is 1. The van der Waals surface area contributed by atoms with E-state index in [0.29, 0.717) is 18.4 Å². The van der Waals surface area contributed by atoms with Crippen LogP contribution in [0, 0.1) is 0 Å². The van der Waals surface area contributed by atoms with Gasteiger partial charge in [0.2, 0.25) is 10.0 Å². The molecular weight excluding hydrogens is 266 g/mol. The molecule has 2 unspecified atom stereocenters. The Morgan fingerprint density at radius 2 is 1.89 bits per heavy atom. The molecule has 2 atom stereocenters. The van der Waals surface area contributed by atoms with Crippen molar-refractivity contribution in [3.63, 3.8) is 0 Å². The highest BCUT2D eigenvalue weighted by Gasteiger charge is 2.29. The lowest BCUT2D eigenvalue weighted by Gasteiger charge is -2.16. The summed E-state index contributed by atoms with van der Waals surface area (Å²) < 4.78 is 26.7. The van der Waals surface area contributed by atoms with Crippen LogP contribution in [0.4, 0.5) is 0 Å². The van der Waals surface area contributed by atoms with E-state index in [1.54, 1.807) is 0 Å². The Morgan fingerprint density at radius 3 is 2.37 bits per heavy atom. The Labute approximate surface area is 112 Å². The molecule has 2 rings (SSSR count). The van der Waals surface area contributed by atoms with Crippen molar-refractivity contribution in [2.24, 2.45) is 0 Å². The maximum absolute atomic E-state index is 12.1. The first-order valence-electron chi connectivity index (χ1n) is 6.21. The molecule has 1 fully saturated rings. The zero-order chi connectivity index (χ0) is 14.0. The first-order chi connectivity index (χ1) is 8.90. The Balaban J connectivity index is 2.17. The minimum atomic E-state index is -3.64. The van der Waals surface area contributed by atoms with Crippen LogP contribution in [0.15, 0.2) is 29.2 Å². The van der Waals surface area contributed by atoms with E-state index < -0.39 is 22.2 Å². The summed E-state index contributed by atoms with van der Waals surface area (Å²) in [6.07, 6.45) is 1.46. The lowest BCUT2D eigenvalue weighted by atomic mass is 10.2. The van der Waals surface area contributed by atoms with Crippen molar-refractivity contribution < 1.29 is 18.3 Å². The van der Waals surface area contributed by atoms with Gasteiger partial charge in [0.1, 0.15) is 0 Å². The van der Waals surface area contributed by atoms with Crippen molar-refractivity contribution >= 4 is 15.8 Å². The van der Waals surface area contributed by atoms with Crippen molar-refractivity contribution in [3.05, 3.63) is 29.8 Å². The molecule has 19 heavy (non-hydrogen) atoms. The van der Waals surface area contributed by atoms with Crippen LogP contribution in [0.3, 0.4) is 0 Å². The van der Waals surface area contributed by atoms with Gasteiger partial charge in [-0.15, -0.1) is 0 Å². The Bertz CT molecular complexity index is 565. The van der Waals surface area contributed by atoms with Crippen LogP contribution in [0.25, 0.3) is 0 Å². The quantitative estimate of drug-likeness (QED) is 0.810. The Hall–Kier alpha value is -1.24. The monoisotopic (exact) mass is 283 g/mol. The number of hydrogen-bond acceptors (Lipinski definition) is 4.